The van der Waals surface area contributed by atoms with Gasteiger partial charge in [0.2, 0.25) is 0 Å². The van der Waals surface area contributed by atoms with Gasteiger partial charge in [-0.05, 0) is 49.5 Å². The van der Waals surface area contributed by atoms with Crippen LogP contribution in [0.25, 0.3) is 28.4 Å². The molecule has 4 rings (SSSR count). The van der Waals surface area contributed by atoms with E-state index < -0.39 is 0 Å². The molecule has 28 heavy (non-hydrogen) atoms. The fourth-order valence-electron chi connectivity index (χ4n) is 3.41. The minimum Gasteiger partial charge on any atom is -0.331 e. The number of pyridine rings is 2. The van der Waals surface area contributed by atoms with Gasteiger partial charge in [-0.25, -0.2) is 4.98 Å². The first-order valence-electron chi connectivity index (χ1n) is 9.15. The Morgan fingerprint density at radius 1 is 1.07 bits per heavy atom. The molecule has 0 saturated heterocycles. The van der Waals surface area contributed by atoms with E-state index in [1.54, 1.807) is 12.3 Å². The predicted octanol–water partition coefficient (Wildman–Crippen LogP) is 4.79. The van der Waals surface area contributed by atoms with E-state index in [1.807, 2.05) is 49.6 Å². The summed E-state index contributed by atoms with van der Waals surface area (Å²) in [7, 11) is 2.04. The molecule has 5 nitrogen and oxygen atoms in total. The third-order valence-corrected chi connectivity index (χ3v) is 4.91. The zero-order chi connectivity index (χ0) is 19.5. The Morgan fingerprint density at radius 2 is 1.96 bits per heavy atom. The van der Waals surface area contributed by atoms with Crippen molar-refractivity contribution in [3.63, 3.8) is 0 Å². The fraction of sp³-hybridized carbons (Fsp3) is 0.130. The van der Waals surface area contributed by atoms with E-state index in [2.05, 4.69) is 33.9 Å². The first kappa shape index (κ1) is 17.8. The molecule has 0 unspecified atom stereocenters. The Balaban J connectivity index is 1.62. The zero-order valence-electron chi connectivity index (χ0n) is 15.8. The van der Waals surface area contributed by atoms with E-state index >= 15 is 0 Å². The van der Waals surface area contributed by atoms with E-state index in [4.69, 9.17) is 9.97 Å². The summed E-state index contributed by atoms with van der Waals surface area (Å²) < 4.78 is 2.13. The predicted molar refractivity (Wildman–Crippen MR) is 115 cm³/mol. The monoisotopic (exact) mass is 367 g/mol. The molecule has 1 aromatic carbocycles. The van der Waals surface area contributed by atoms with Gasteiger partial charge in [0.15, 0.2) is 0 Å². The molecule has 0 bridgehead atoms. The van der Waals surface area contributed by atoms with Crippen LogP contribution in [0, 0.1) is 0 Å². The second-order valence-electron chi connectivity index (χ2n) is 6.57. The Morgan fingerprint density at radius 3 is 2.71 bits per heavy atom. The van der Waals surface area contributed by atoms with Crippen molar-refractivity contribution in [2.45, 2.75) is 12.8 Å². The summed E-state index contributed by atoms with van der Waals surface area (Å²) in [5, 5.41) is 0. The Bertz CT molecular complexity index is 1160. The summed E-state index contributed by atoms with van der Waals surface area (Å²) in [5.41, 5.74) is 6.69. The molecule has 0 saturated carbocycles. The summed E-state index contributed by atoms with van der Waals surface area (Å²) in [6.45, 7) is 7.55. The van der Waals surface area contributed by atoms with Crippen molar-refractivity contribution < 1.29 is 0 Å². The molecule has 5 heteroatoms. The van der Waals surface area contributed by atoms with Gasteiger partial charge in [0.1, 0.15) is 5.82 Å². The quantitative estimate of drug-likeness (QED) is 0.460. The first-order chi connectivity index (χ1) is 13.7. The molecule has 0 aliphatic heterocycles. The number of aromatic nitrogens is 4. The molecule has 3 heterocycles. The number of fused-ring (bicyclic) bond motifs is 1. The molecule has 3 aromatic heterocycles. The number of nitrogens with zero attached hydrogens (tertiary/aromatic N) is 5. The summed E-state index contributed by atoms with van der Waals surface area (Å²) in [5.74, 6) is 1.01. The maximum atomic E-state index is 4.85. The van der Waals surface area contributed by atoms with Crippen LogP contribution in [0.1, 0.15) is 17.1 Å². The van der Waals surface area contributed by atoms with Crippen LogP contribution < -0.4 is 0 Å². The third kappa shape index (κ3) is 3.22. The average Bonchev–Trinajstić information content (AvgIpc) is 3.08. The van der Waals surface area contributed by atoms with E-state index in [1.165, 1.54) is 0 Å². The van der Waals surface area contributed by atoms with Crippen molar-refractivity contribution in [2.24, 2.45) is 12.0 Å². The third-order valence-electron chi connectivity index (χ3n) is 4.91. The van der Waals surface area contributed by atoms with Gasteiger partial charge in [-0.15, -0.1) is 0 Å². The van der Waals surface area contributed by atoms with Crippen LogP contribution in [0.2, 0.25) is 0 Å². The molecular formula is C23H21N5. The zero-order valence-corrected chi connectivity index (χ0v) is 15.8. The highest BCUT2D eigenvalue weighted by Gasteiger charge is 2.13. The van der Waals surface area contributed by atoms with Gasteiger partial charge in [-0.1, -0.05) is 18.7 Å². The van der Waals surface area contributed by atoms with Gasteiger partial charge in [0.25, 0.3) is 0 Å². The normalized spacial score (nSPS) is 10.9. The molecule has 4 aromatic rings. The summed E-state index contributed by atoms with van der Waals surface area (Å²) in [6.07, 6.45) is 6.99. The summed E-state index contributed by atoms with van der Waals surface area (Å²) >= 11 is 0. The summed E-state index contributed by atoms with van der Waals surface area (Å²) in [4.78, 5) is 17.9. The van der Waals surface area contributed by atoms with Gasteiger partial charge in [-0.2, -0.15) is 0 Å². The molecule has 138 valence electrons. The molecule has 0 radical (unpaired) electrons. The molecule has 0 fully saturated rings. The molecule has 0 aliphatic carbocycles. The van der Waals surface area contributed by atoms with Crippen LogP contribution >= 0.6 is 0 Å². The molecule has 0 N–H and O–H groups in total. The van der Waals surface area contributed by atoms with Crippen LogP contribution in [-0.2, 0) is 19.9 Å². The van der Waals surface area contributed by atoms with Crippen LogP contribution in [0.3, 0.4) is 0 Å². The van der Waals surface area contributed by atoms with Crippen LogP contribution in [-0.4, -0.2) is 26.2 Å². The highest BCUT2D eigenvalue weighted by Crippen LogP contribution is 2.29. The lowest BCUT2D eigenvalue weighted by atomic mass is 10.1. The van der Waals surface area contributed by atoms with Gasteiger partial charge >= 0.3 is 0 Å². The van der Waals surface area contributed by atoms with Crippen molar-refractivity contribution in [3.05, 3.63) is 78.5 Å². The lowest BCUT2D eigenvalue weighted by Gasteiger charge is -2.05. The maximum Gasteiger partial charge on any atom is 0.110 e. The van der Waals surface area contributed by atoms with E-state index in [0.717, 1.165) is 57.9 Å². The largest absolute Gasteiger partial charge is 0.331 e. The molecule has 0 amide bonds. The van der Waals surface area contributed by atoms with Crippen LogP contribution in [0.5, 0.6) is 0 Å². The maximum absolute atomic E-state index is 4.85. The Kier molecular flexibility index (Phi) is 4.81. The van der Waals surface area contributed by atoms with Gasteiger partial charge in [0, 0.05) is 42.7 Å². The minimum atomic E-state index is 0.794. The molecule has 0 spiro atoms. The van der Waals surface area contributed by atoms with Crippen molar-refractivity contribution in [3.8, 4) is 11.3 Å². The topological polar surface area (TPSA) is 56.0 Å². The number of aliphatic imine (C=N–C) groups is 1. The molecule has 0 aliphatic rings. The number of hydrogen-bond acceptors (Lipinski definition) is 4. The second-order valence-corrected chi connectivity index (χ2v) is 6.57. The highest BCUT2D eigenvalue weighted by atomic mass is 15.1. The first-order valence-corrected chi connectivity index (χ1v) is 9.15. The number of imidazole rings is 1. The van der Waals surface area contributed by atoms with Crippen LogP contribution in [0.15, 0.2) is 66.4 Å². The second kappa shape index (κ2) is 7.56. The standard InChI is InChI=1S/C23H21N5/c1-4-18-20(24-2)11-12-21-23(18)27-22(28(21)3)13-10-17-8-5-9-19(26-17)16-7-6-14-25-15-16/h4-9,11-12,14-15H,1-2,10,13H2,3H3. The number of hydrogen-bond donors (Lipinski definition) is 0. The average molecular weight is 367 g/mol. The van der Waals surface area contributed by atoms with Crippen molar-refractivity contribution >= 4 is 29.5 Å². The van der Waals surface area contributed by atoms with E-state index in [-0.39, 0.29) is 0 Å². The SMILES string of the molecule is C=Cc1c(N=C)ccc2c1nc(CCc1cccc(-c3cccnc3)n1)n2C. The summed E-state index contributed by atoms with van der Waals surface area (Å²) in [6, 6.07) is 14.0. The lowest BCUT2D eigenvalue weighted by molar-refractivity contribution is 0.776. The highest BCUT2D eigenvalue weighted by molar-refractivity contribution is 5.91. The van der Waals surface area contributed by atoms with Crippen molar-refractivity contribution in [2.75, 3.05) is 0 Å². The fourth-order valence-corrected chi connectivity index (χ4v) is 3.41. The van der Waals surface area contributed by atoms with Crippen molar-refractivity contribution in [1.82, 2.24) is 19.5 Å². The number of aryl methyl sites for hydroxylation is 3. The number of rotatable bonds is 6. The molecule has 0 atom stereocenters. The van der Waals surface area contributed by atoms with E-state index in [9.17, 15) is 0 Å². The van der Waals surface area contributed by atoms with Gasteiger partial charge < -0.3 is 4.57 Å². The van der Waals surface area contributed by atoms with Crippen molar-refractivity contribution in [1.29, 1.82) is 0 Å². The van der Waals surface area contributed by atoms with Gasteiger partial charge in [-0.3, -0.25) is 15.0 Å². The minimum absolute atomic E-state index is 0.794. The number of benzene rings is 1. The Labute approximate surface area is 164 Å². The van der Waals surface area contributed by atoms with E-state index in [0.29, 0.717) is 0 Å². The van der Waals surface area contributed by atoms with Crippen LogP contribution in [0.4, 0.5) is 5.69 Å². The molecular weight excluding hydrogens is 346 g/mol. The smallest absolute Gasteiger partial charge is 0.110 e. The van der Waals surface area contributed by atoms with Gasteiger partial charge in [0.05, 0.1) is 22.4 Å². The lowest BCUT2D eigenvalue weighted by Crippen LogP contribution is -2.02. The Hall–Kier alpha value is -3.60.